The molecule has 0 saturated carbocycles. The van der Waals surface area contributed by atoms with Gasteiger partial charge < -0.3 is 15.3 Å². The lowest BCUT2D eigenvalue weighted by molar-refractivity contribution is -0.141. The molecule has 0 aromatic rings. The van der Waals surface area contributed by atoms with E-state index in [4.69, 9.17) is 0 Å². The van der Waals surface area contributed by atoms with Crippen LogP contribution in [0.2, 0.25) is 0 Å². The molecule has 2 N–H and O–H groups in total. The van der Waals surface area contributed by atoms with Crippen molar-refractivity contribution in [2.24, 2.45) is 11.8 Å². The van der Waals surface area contributed by atoms with Crippen molar-refractivity contribution in [2.75, 3.05) is 19.6 Å². The van der Waals surface area contributed by atoms with Crippen LogP contribution < -0.4 is 5.32 Å². The third kappa shape index (κ3) is 4.25. The van der Waals surface area contributed by atoms with Gasteiger partial charge in [-0.2, -0.15) is 0 Å². The van der Waals surface area contributed by atoms with Crippen molar-refractivity contribution < 1.29 is 9.90 Å². The fourth-order valence-corrected chi connectivity index (χ4v) is 2.75. The van der Waals surface area contributed by atoms with Crippen LogP contribution in [0.1, 0.15) is 40.5 Å². The number of carbonyl (C=O) groups is 1. The van der Waals surface area contributed by atoms with E-state index >= 15 is 0 Å². The Hall–Kier alpha value is -0.610. The molecule has 4 heteroatoms. The number of carboxylic acids is 1. The first-order valence-electron chi connectivity index (χ1n) is 7.16. The van der Waals surface area contributed by atoms with Crippen LogP contribution in [-0.4, -0.2) is 47.7 Å². The quantitative estimate of drug-likeness (QED) is 0.761. The van der Waals surface area contributed by atoms with Gasteiger partial charge in [0.2, 0.25) is 0 Å². The van der Waals surface area contributed by atoms with Gasteiger partial charge >= 0.3 is 5.97 Å². The van der Waals surface area contributed by atoms with E-state index in [0.717, 1.165) is 13.1 Å². The summed E-state index contributed by atoms with van der Waals surface area (Å²) in [5.74, 6) is -0.0462. The van der Waals surface area contributed by atoms with Gasteiger partial charge in [0.1, 0.15) is 6.04 Å². The molecular weight excluding hydrogens is 228 g/mol. The lowest BCUT2D eigenvalue weighted by Crippen LogP contribution is -2.51. The van der Waals surface area contributed by atoms with E-state index in [1.807, 2.05) is 13.8 Å². The molecular formula is C14H28N2O2. The smallest absolute Gasteiger partial charge is 0.320 e. The van der Waals surface area contributed by atoms with Gasteiger partial charge in [0.05, 0.1) is 0 Å². The maximum atomic E-state index is 11.2. The van der Waals surface area contributed by atoms with Crippen LogP contribution in [0, 0.1) is 11.8 Å². The highest BCUT2D eigenvalue weighted by atomic mass is 16.4. The Morgan fingerprint density at radius 3 is 2.61 bits per heavy atom. The summed E-state index contributed by atoms with van der Waals surface area (Å²) in [5.41, 5.74) is 0. The molecule has 4 nitrogen and oxygen atoms in total. The number of rotatable bonds is 6. The Bertz CT molecular complexity index is 269. The van der Waals surface area contributed by atoms with Crippen LogP contribution in [-0.2, 0) is 4.79 Å². The monoisotopic (exact) mass is 256 g/mol. The summed E-state index contributed by atoms with van der Waals surface area (Å²) >= 11 is 0. The van der Waals surface area contributed by atoms with Crippen LogP contribution in [0.5, 0.6) is 0 Å². The first kappa shape index (κ1) is 15.4. The molecule has 0 aromatic carbocycles. The van der Waals surface area contributed by atoms with Crippen LogP contribution in [0.15, 0.2) is 0 Å². The minimum absolute atomic E-state index is 0.121. The average molecular weight is 256 g/mol. The molecule has 0 spiro atoms. The van der Waals surface area contributed by atoms with Gasteiger partial charge in [0, 0.05) is 12.6 Å². The molecule has 106 valence electrons. The number of carboxylic acid groups (broad SMARTS) is 1. The number of hydrogen-bond acceptors (Lipinski definition) is 3. The van der Waals surface area contributed by atoms with Gasteiger partial charge in [0.25, 0.3) is 0 Å². The number of nitrogens with zero attached hydrogens (tertiary/aromatic N) is 1. The molecule has 0 aromatic heterocycles. The lowest BCUT2D eigenvalue weighted by atomic mass is 9.90. The van der Waals surface area contributed by atoms with Gasteiger partial charge in [-0.15, -0.1) is 0 Å². The Labute approximate surface area is 111 Å². The van der Waals surface area contributed by atoms with Crippen LogP contribution in [0.3, 0.4) is 0 Å². The van der Waals surface area contributed by atoms with Crippen LogP contribution in [0.4, 0.5) is 0 Å². The highest BCUT2D eigenvalue weighted by Crippen LogP contribution is 2.20. The first-order chi connectivity index (χ1) is 8.45. The molecule has 1 saturated heterocycles. The van der Waals surface area contributed by atoms with Gasteiger partial charge in [-0.3, -0.25) is 4.79 Å². The molecule has 1 heterocycles. The standard InChI is InChI=1S/C14H28N2O2/c1-5-16-8-6-7-12(9-16)11(4)15-13(10(2)3)14(17)18/h10-13,15H,5-9H2,1-4H3,(H,17,18). The zero-order chi connectivity index (χ0) is 13.7. The molecule has 1 rings (SSSR count). The molecule has 0 bridgehead atoms. The minimum atomic E-state index is -0.736. The van der Waals surface area contributed by atoms with E-state index in [1.165, 1.54) is 19.4 Å². The molecule has 1 fully saturated rings. The summed E-state index contributed by atoms with van der Waals surface area (Å²) in [6.07, 6.45) is 2.43. The Kier molecular flexibility index (Phi) is 6.09. The molecule has 3 unspecified atom stereocenters. The molecule has 1 aliphatic rings. The molecule has 3 atom stereocenters. The van der Waals surface area contributed by atoms with Crippen molar-refractivity contribution in [1.82, 2.24) is 10.2 Å². The van der Waals surface area contributed by atoms with Crippen molar-refractivity contribution in [3.63, 3.8) is 0 Å². The highest BCUT2D eigenvalue weighted by molar-refractivity contribution is 5.73. The number of aliphatic carboxylic acids is 1. The maximum absolute atomic E-state index is 11.2. The van der Waals surface area contributed by atoms with Crippen LogP contribution >= 0.6 is 0 Å². The van der Waals surface area contributed by atoms with E-state index in [2.05, 4.69) is 24.1 Å². The summed E-state index contributed by atoms with van der Waals surface area (Å²) in [7, 11) is 0. The van der Waals surface area contributed by atoms with Gasteiger partial charge in [-0.05, 0) is 44.7 Å². The van der Waals surface area contributed by atoms with Gasteiger partial charge in [0.15, 0.2) is 0 Å². The second kappa shape index (κ2) is 7.10. The second-order valence-corrected chi connectivity index (χ2v) is 5.81. The predicted octanol–water partition coefficient (Wildman–Crippen LogP) is 1.81. The average Bonchev–Trinajstić information content (AvgIpc) is 2.34. The minimum Gasteiger partial charge on any atom is -0.480 e. The first-order valence-corrected chi connectivity index (χ1v) is 7.16. The largest absolute Gasteiger partial charge is 0.480 e. The topological polar surface area (TPSA) is 52.6 Å². The van der Waals surface area contributed by atoms with Crippen molar-refractivity contribution in [3.8, 4) is 0 Å². The number of nitrogens with one attached hydrogen (secondary N) is 1. The second-order valence-electron chi connectivity index (χ2n) is 5.81. The van der Waals surface area contributed by atoms with Crippen LogP contribution in [0.25, 0.3) is 0 Å². The van der Waals surface area contributed by atoms with Gasteiger partial charge in [-0.1, -0.05) is 20.8 Å². The van der Waals surface area contributed by atoms with E-state index in [-0.39, 0.29) is 12.0 Å². The normalized spacial score (nSPS) is 25.1. The summed E-state index contributed by atoms with van der Waals surface area (Å²) in [6, 6.07) is -0.167. The van der Waals surface area contributed by atoms with E-state index in [9.17, 15) is 9.90 Å². The third-order valence-corrected chi connectivity index (χ3v) is 4.07. The Morgan fingerprint density at radius 1 is 1.44 bits per heavy atom. The Morgan fingerprint density at radius 2 is 2.11 bits per heavy atom. The van der Waals surface area contributed by atoms with Crippen molar-refractivity contribution in [1.29, 1.82) is 0 Å². The molecule has 0 aliphatic carbocycles. The summed E-state index contributed by atoms with van der Waals surface area (Å²) < 4.78 is 0. The fraction of sp³-hybridized carbons (Fsp3) is 0.929. The Balaban J connectivity index is 2.52. The van der Waals surface area contributed by atoms with E-state index in [0.29, 0.717) is 5.92 Å². The maximum Gasteiger partial charge on any atom is 0.320 e. The number of likely N-dealkylation sites (tertiary alicyclic amines) is 1. The highest BCUT2D eigenvalue weighted by Gasteiger charge is 2.29. The zero-order valence-electron chi connectivity index (χ0n) is 12.1. The zero-order valence-corrected chi connectivity index (χ0v) is 12.1. The summed E-state index contributed by atoms with van der Waals surface area (Å²) in [6.45, 7) is 11.6. The summed E-state index contributed by atoms with van der Waals surface area (Å²) in [5, 5.41) is 12.5. The van der Waals surface area contributed by atoms with Crippen molar-refractivity contribution in [2.45, 2.75) is 52.6 Å². The molecule has 18 heavy (non-hydrogen) atoms. The van der Waals surface area contributed by atoms with Gasteiger partial charge in [-0.25, -0.2) is 0 Å². The predicted molar refractivity (Wildman–Crippen MR) is 73.7 cm³/mol. The lowest BCUT2D eigenvalue weighted by Gasteiger charge is -2.37. The number of piperidine rings is 1. The molecule has 0 amide bonds. The molecule has 0 radical (unpaired) electrons. The number of hydrogen-bond donors (Lipinski definition) is 2. The van der Waals surface area contributed by atoms with Crippen molar-refractivity contribution in [3.05, 3.63) is 0 Å². The molecule has 1 aliphatic heterocycles. The fourth-order valence-electron chi connectivity index (χ4n) is 2.75. The summed E-state index contributed by atoms with van der Waals surface area (Å²) in [4.78, 5) is 13.7. The third-order valence-electron chi connectivity index (χ3n) is 4.07. The van der Waals surface area contributed by atoms with E-state index < -0.39 is 12.0 Å². The van der Waals surface area contributed by atoms with Crippen molar-refractivity contribution >= 4 is 5.97 Å². The van der Waals surface area contributed by atoms with E-state index in [1.54, 1.807) is 0 Å². The SMILES string of the molecule is CCN1CCCC(C(C)NC(C(=O)O)C(C)C)C1.